The lowest BCUT2D eigenvalue weighted by Gasteiger charge is -2.16. The third-order valence-corrected chi connectivity index (χ3v) is 4.20. The van der Waals surface area contributed by atoms with Crippen molar-refractivity contribution in [3.8, 4) is 0 Å². The first-order valence-corrected chi connectivity index (χ1v) is 8.24. The maximum Gasteiger partial charge on any atom is 0.282 e. The van der Waals surface area contributed by atoms with E-state index in [-0.39, 0.29) is 11.3 Å². The normalized spacial score (nSPS) is 15.2. The topological polar surface area (TPSA) is 95.8 Å². The van der Waals surface area contributed by atoms with E-state index in [0.717, 1.165) is 5.01 Å². The van der Waals surface area contributed by atoms with Gasteiger partial charge in [-0.25, -0.2) is 5.01 Å². The molecule has 1 N–H and O–H groups in total. The highest BCUT2D eigenvalue weighted by Gasteiger charge is 2.34. The Balaban J connectivity index is 2.04. The lowest BCUT2D eigenvalue weighted by molar-refractivity contribution is -0.384. The zero-order valence-corrected chi connectivity index (χ0v) is 15.2. The SMILES string of the molecule is CN(C)c1ccc([N+](=O)[O-])cc1/C=C1/C(=O)NN(c2cccc(Cl)c2)C1=O. The van der Waals surface area contributed by atoms with Crippen LogP contribution < -0.4 is 15.3 Å². The molecule has 2 aromatic carbocycles. The predicted octanol–water partition coefficient (Wildman–Crippen LogP) is 2.78. The number of nitrogens with one attached hydrogen (secondary N) is 1. The highest BCUT2D eigenvalue weighted by atomic mass is 35.5. The summed E-state index contributed by atoms with van der Waals surface area (Å²) in [5, 5.41) is 12.6. The van der Waals surface area contributed by atoms with Crippen LogP contribution in [0.5, 0.6) is 0 Å². The van der Waals surface area contributed by atoms with E-state index in [1.807, 2.05) is 0 Å². The number of hydrogen-bond donors (Lipinski definition) is 1. The van der Waals surface area contributed by atoms with Crippen LogP contribution in [0.1, 0.15) is 5.56 Å². The molecule has 3 rings (SSSR count). The molecule has 0 saturated carbocycles. The molecular formula is C18H15ClN4O4. The van der Waals surface area contributed by atoms with Gasteiger partial charge in [-0.05, 0) is 30.3 Å². The minimum absolute atomic E-state index is 0.126. The molecule has 2 aromatic rings. The molecule has 138 valence electrons. The van der Waals surface area contributed by atoms with Crippen molar-refractivity contribution in [3.63, 3.8) is 0 Å². The van der Waals surface area contributed by atoms with Crippen LogP contribution in [0.25, 0.3) is 6.08 Å². The summed E-state index contributed by atoms with van der Waals surface area (Å²) < 4.78 is 0. The minimum atomic E-state index is -0.601. The number of amides is 2. The number of carbonyl (C=O) groups excluding carboxylic acids is 2. The second-order valence-corrected chi connectivity index (χ2v) is 6.45. The van der Waals surface area contributed by atoms with Crippen LogP contribution in [0.15, 0.2) is 48.0 Å². The maximum absolute atomic E-state index is 12.7. The molecule has 1 aliphatic heterocycles. The van der Waals surface area contributed by atoms with E-state index >= 15 is 0 Å². The van der Waals surface area contributed by atoms with Gasteiger partial charge in [0.1, 0.15) is 5.57 Å². The van der Waals surface area contributed by atoms with E-state index in [0.29, 0.717) is 22.0 Å². The molecule has 0 spiro atoms. The van der Waals surface area contributed by atoms with Crippen molar-refractivity contribution < 1.29 is 14.5 Å². The molecule has 1 aliphatic rings. The Morgan fingerprint density at radius 1 is 1.19 bits per heavy atom. The molecule has 8 nitrogen and oxygen atoms in total. The van der Waals surface area contributed by atoms with Crippen molar-refractivity contribution in [3.05, 3.63) is 68.7 Å². The fraction of sp³-hybridized carbons (Fsp3) is 0.111. The summed E-state index contributed by atoms with van der Waals surface area (Å²) in [6.07, 6.45) is 1.35. The minimum Gasteiger partial charge on any atom is -0.377 e. The Bertz CT molecular complexity index is 987. The second kappa shape index (κ2) is 7.08. The van der Waals surface area contributed by atoms with Crippen LogP contribution in [0, 0.1) is 10.1 Å². The number of nitrogens with zero attached hydrogens (tertiary/aromatic N) is 3. The number of hydrazine groups is 1. The largest absolute Gasteiger partial charge is 0.377 e. The number of nitro benzene ring substituents is 1. The van der Waals surface area contributed by atoms with Gasteiger partial charge in [0.05, 0.1) is 10.6 Å². The fourth-order valence-electron chi connectivity index (χ4n) is 2.69. The van der Waals surface area contributed by atoms with Gasteiger partial charge in [-0.3, -0.25) is 25.1 Å². The molecule has 0 aliphatic carbocycles. The molecule has 1 fully saturated rings. The number of benzene rings is 2. The molecule has 0 atom stereocenters. The van der Waals surface area contributed by atoms with Crippen LogP contribution in [0.2, 0.25) is 5.02 Å². The van der Waals surface area contributed by atoms with Gasteiger partial charge in [-0.1, -0.05) is 17.7 Å². The van der Waals surface area contributed by atoms with Gasteiger partial charge in [0, 0.05) is 42.5 Å². The summed E-state index contributed by atoms with van der Waals surface area (Å²) >= 11 is 5.94. The van der Waals surface area contributed by atoms with Crippen LogP contribution in [0.3, 0.4) is 0 Å². The molecule has 0 aromatic heterocycles. The number of anilines is 2. The van der Waals surface area contributed by atoms with Gasteiger partial charge in [0.15, 0.2) is 0 Å². The van der Waals surface area contributed by atoms with Crippen LogP contribution >= 0.6 is 11.6 Å². The van der Waals surface area contributed by atoms with E-state index in [9.17, 15) is 19.7 Å². The third kappa shape index (κ3) is 3.61. The maximum atomic E-state index is 12.7. The molecule has 0 bridgehead atoms. The van der Waals surface area contributed by atoms with Crippen LogP contribution in [-0.4, -0.2) is 30.8 Å². The average Bonchev–Trinajstić information content (AvgIpc) is 2.89. The highest BCUT2D eigenvalue weighted by Crippen LogP contribution is 2.29. The number of nitro groups is 1. The van der Waals surface area contributed by atoms with Gasteiger partial charge >= 0.3 is 0 Å². The van der Waals surface area contributed by atoms with E-state index in [1.165, 1.54) is 18.2 Å². The number of hydrogen-bond acceptors (Lipinski definition) is 5. The van der Waals surface area contributed by atoms with Crippen molar-refractivity contribution in [2.45, 2.75) is 0 Å². The van der Waals surface area contributed by atoms with Crippen molar-refractivity contribution in [2.75, 3.05) is 24.0 Å². The zero-order valence-electron chi connectivity index (χ0n) is 14.5. The molecular weight excluding hydrogens is 372 g/mol. The summed E-state index contributed by atoms with van der Waals surface area (Å²) in [6.45, 7) is 0. The molecule has 0 radical (unpaired) electrons. The van der Waals surface area contributed by atoms with E-state index in [2.05, 4.69) is 5.43 Å². The third-order valence-electron chi connectivity index (χ3n) is 3.96. The Labute approximate surface area is 159 Å². The van der Waals surface area contributed by atoms with Gasteiger partial charge in [-0.15, -0.1) is 0 Å². The van der Waals surface area contributed by atoms with Gasteiger partial charge in [-0.2, -0.15) is 0 Å². The number of rotatable bonds is 4. The zero-order chi connectivity index (χ0) is 19.7. The molecule has 1 saturated heterocycles. The summed E-state index contributed by atoms with van der Waals surface area (Å²) in [6, 6.07) is 10.7. The molecule has 27 heavy (non-hydrogen) atoms. The Morgan fingerprint density at radius 3 is 2.56 bits per heavy atom. The molecule has 2 amide bonds. The van der Waals surface area contributed by atoms with Gasteiger partial charge < -0.3 is 4.90 Å². The van der Waals surface area contributed by atoms with Crippen molar-refractivity contribution in [1.29, 1.82) is 0 Å². The monoisotopic (exact) mass is 386 g/mol. The lowest BCUT2D eigenvalue weighted by Crippen LogP contribution is -2.35. The quantitative estimate of drug-likeness (QED) is 0.377. The molecule has 1 heterocycles. The van der Waals surface area contributed by atoms with E-state index < -0.39 is 16.7 Å². The summed E-state index contributed by atoms with van der Waals surface area (Å²) in [7, 11) is 3.52. The number of halogens is 1. The molecule has 0 unspecified atom stereocenters. The van der Waals surface area contributed by atoms with Crippen LogP contribution in [-0.2, 0) is 9.59 Å². The number of carbonyl (C=O) groups is 2. The van der Waals surface area contributed by atoms with Gasteiger partial charge in [0.2, 0.25) is 0 Å². The molecule has 9 heteroatoms. The van der Waals surface area contributed by atoms with Crippen LogP contribution in [0.4, 0.5) is 17.1 Å². The Hall–Kier alpha value is -3.39. The summed E-state index contributed by atoms with van der Waals surface area (Å²) in [5.41, 5.74) is 3.65. The lowest BCUT2D eigenvalue weighted by atomic mass is 10.1. The highest BCUT2D eigenvalue weighted by molar-refractivity contribution is 6.33. The summed E-state index contributed by atoms with van der Waals surface area (Å²) in [5.74, 6) is -1.17. The van der Waals surface area contributed by atoms with E-state index in [4.69, 9.17) is 11.6 Å². The van der Waals surface area contributed by atoms with Gasteiger partial charge in [0.25, 0.3) is 17.5 Å². The first kappa shape index (κ1) is 18.4. The fourth-order valence-corrected chi connectivity index (χ4v) is 2.87. The number of non-ortho nitro benzene ring substituents is 1. The van der Waals surface area contributed by atoms with E-state index in [1.54, 1.807) is 49.3 Å². The van der Waals surface area contributed by atoms with Crippen molar-refractivity contribution in [1.82, 2.24) is 5.43 Å². The predicted molar refractivity (Wildman–Crippen MR) is 102 cm³/mol. The second-order valence-electron chi connectivity index (χ2n) is 6.01. The standard InChI is InChI=1S/C18H15ClN4O4/c1-21(2)16-7-6-14(23(26)27)8-11(16)9-15-17(24)20-22(18(15)25)13-5-3-4-12(19)10-13/h3-10H,1-2H3,(H,20,24)/b15-9-. The Morgan fingerprint density at radius 2 is 1.93 bits per heavy atom. The Kier molecular flexibility index (Phi) is 4.83. The first-order chi connectivity index (χ1) is 12.8. The first-order valence-electron chi connectivity index (χ1n) is 7.86. The van der Waals surface area contributed by atoms with Crippen molar-refractivity contribution in [2.24, 2.45) is 0 Å². The summed E-state index contributed by atoms with van der Waals surface area (Å²) in [4.78, 5) is 37.3. The smallest absolute Gasteiger partial charge is 0.282 e. The van der Waals surface area contributed by atoms with Crippen molar-refractivity contribution >= 4 is 46.6 Å². The average molecular weight is 387 g/mol.